The maximum Gasteiger partial charge on any atom is 0.123 e. The lowest BCUT2D eigenvalue weighted by molar-refractivity contribution is 0.617. The minimum Gasteiger partial charge on any atom is -0.327 e. The van der Waals surface area contributed by atoms with E-state index in [0.717, 1.165) is 22.0 Å². The number of nitrogens with two attached hydrogens (primary N) is 1. The van der Waals surface area contributed by atoms with Crippen molar-refractivity contribution in [2.45, 2.75) is 18.9 Å². The molecular weight excluding hydrogens is 329 g/mol. The van der Waals surface area contributed by atoms with Crippen molar-refractivity contribution in [3.63, 3.8) is 0 Å². The molecule has 0 aliphatic carbocycles. The fourth-order valence-corrected chi connectivity index (χ4v) is 2.51. The minimum absolute atomic E-state index is 0.0562. The summed E-state index contributed by atoms with van der Waals surface area (Å²) in [6.45, 7) is 0. The maximum atomic E-state index is 13.2. The van der Waals surface area contributed by atoms with E-state index in [0.29, 0.717) is 11.4 Å². The van der Waals surface area contributed by atoms with Gasteiger partial charge in [-0.05, 0) is 54.3 Å². The van der Waals surface area contributed by atoms with Gasteiger partial charge in [0.2, 0.25) is 0 Å². The molecule has 2 aromatic rings. The second kappa shape index (κ2) is 6.51. The highest BCUT2D eigenvalue weighted by Gasteiger charge is 2.09. The summed E-state index contributed by atoms with van der Waals surface area (Å²) in [4.78, 5) is 0. The van der Waals surface area contributed by atoms with E-state index in [1.165, 1.54) is 12.1 Å². The highest BCUT2D eigenvalue weighted by molar-refractivity contribution is 9.10. The molecule has 2 rings (SSSR count). The monoisotopic (exact) mass is 341 g/mol. The first-order valence-electron chi connectivity index (χ1n) is 5.98. The second-order valence-electron chi connectivity index (χ2n) is 4.53. The molecule has 19 heavy (non-hydrogen) atoms. The van der Waals surface area contributed by atoms with Crippen LogP contribution in [0.2, 0.25) is 5.02 Å². The summed E-state index contributed by atoms with van der Waals surface area (Å²) in [5.74, 6) is -0.239. The van der Waals surface area contributed by atoms with Crippen molar-refractivity contribution in [2.75, 3.05) is 0 Å². The Bertz CT molecular complexity index is 557. The van der Waals surface area contributed by atoms with Crippen molar-refractivity contribution in [1.29, 1.82) is 0 Å². The highest BCUT2D eigenvalue weighted by Crippen LogP contribution is 2.20. The number of halogens is 3. The maximum absolute atomic E-state index is 13.2. The fraction of sp³-hybridized carbons (Fsp3) is 0.200. The Morgan fingerprint density at radius 3 is 2.47 bits per heavy atom. The van der Waals surface area contributed by atoms with Gasteiger partial charge in [0.05, 0.1) is 0 Å². The number of hydrogen-bond acceptors (Lipinski definition) is 1. The van der Waals surface area contributed by atoms with Crippen LogP contribution in [0.15, 0.2) is 46.9 Å². The van der Waals surface area contributed by atoms with E-state index in [1.54, 1.807) is 6.07 Å². The molecule has 4 heteroatoms. The summed E-state index contributed by atoms with van der Waals surface area (Å²) >= 11 is 9.25. The Balaban J connectivity index is 2.02. The van der Waals surface area contributed by atoms with E-state index in [4.69, 9.17) is 17.3 Å². The molecule has 0 saturated heterocycles. The highest BCUT2D eigenvalue weighted by atomic mass is 79.9. The van der Waals surface area contributed by atoms with Crippen LogP contribution in [0.3, 0.4) is 0 Å². The molecule has 2 N–H and O–H groups in total. The zero-order valence-corrected chi connectivity index (χ0v) is 12.6. The Morgan fingerprint density at radius 1 is 1.11 bits per heavy atom. The number of hydrogen-bond donors (Lipinski definition) is 1. The smallest absolute Gasteiger partial charge is 0.123 e. The van der Waals surface area contributed by atoms with Gasteiger partial charge in [0.1, 0.15) is 5.82 Å². The molecule has 100 valence electrons. The Kier molecular flexibility index (Phi) is 4.97. The van der Waals surface area contributed by atoms with Gasteiger partial charge in [-0.15, -0.1) is 0 Å². The van der Waals surface area contributed by atoms with Gasteiger partial charge in [-0.1, -0.05) is 39.7 Å². The van der Waals surface area contributed by atoms with Crippen LogP contribution in [-0.2, 0) is 12.8 Å². The minimum atomic E-state index is -0.239. The molecule has 0 aliphatic rings. The topological polar surface area (TPSA) is 26.0 Å². The summed E-state index contributed by atoms with van der Waals surface area (Å²) < 4.78 is 14.1. The Morgan fingerprint density at radius 2 is 1.79 bits per heavy atom. The van der Waals surface area contributed by atoms with Crippen LogP contribution < -0.4 is 5.73 Å². The van der Waals surface area contributed by atoms with Crippen LogP contribution >= 0.6 is 27.5 Å². The molecule has 0 aromatic heterocycles. The van der Waals surface area contributed by atoms with Crippen LogP contribution in [0.4, 0.5) is 4.39 Å². The predicted octanol–water partition coefficient (Wildman–Crippen LogP) is 4.35. The van der Waals surface area contributed by atoms with Crippen molar-refractivity contribution < 1.29 is 4.39 Å². The zero-order valence-electron chi connectivity index (χ0n) is 10.2. The molecule has 0 bridgehead atoms. The van der Waals surface area contributed by atoms with Crippen molar-refractivity contribution >= 4 is 27.5 Å². The van der Waals surface area contributed by atoms with Gasteiger partial charge in [0, 0.05) is 15.5 Å². The molecule has 0 spiro atoms. The summed E-state index contributed by atoms with van der Waals surface area (Å²) in [5, 5.41) is 0.713. The van der Waals surface area contributed by atoms with Gasteiger partial charge in [-0.2, -0.15) is 0 Å². The van der Waals surface area contributed by atoms with Crippen LogP contribution in [0.5, 0.6) is 0 Å². The van der Waals surface area contributed by atoms with E-state index in [9.17, 15) is 4.39 Å². The summed E-state index contributed by atoms with van der Waals surface area (Å²) in [6, 6.07) is 12.2. The molecule has 1 atom stereocenters. The normalized spacial score (nSPS) is 12.4. The quantitative estimate of drug-likeness (QED) is 0.878. The van der Waals surface area contributed by atoms with Crippen LogP contribution in [0.25, 0.3) is 0 Å². The largest absolute Gasteiger partial charge is 0.327 e. The van der Waals surface area contributed by atoms with Gasteiger partial charge >= 0.3 is 0 Å². The molecule has 0 saturated carbocycles. The molecule has 1 nitrogen and oxygen atoms in total. The fourth-order valence-electron chi connectivity index (χ4n) is 1.98. The van der Waals surface area contributed by atoms with Crippen molar-refractivity contribution in [2.24, 2.45) is 5.73 Å². The van der Waals surface area contributed by atoms with Crippen LogP contribution in [0, 0.1) is 5.82 Å². The molecule has 2 aromatic carbocycles. The van der Waals surface area contributed by atoms with Gasteiger partial charge in [-0.3, -0.25) is 0 Å². The molecule has 0 aliphatic heterocycles. The van der Waals surface area contributed by atoms with Gasteiger partial charge in [0.25, 0.3) is 0 Å². The summed E-state index contributed by atoms with van der Waals surface area (Å²) in [6.07, 6.45) is 1.36. The first kappa shape index (κ1) is 14.5. The third-order valence-electron chi connectivity index (χ3n) is 2.90. The number of rotatable bonds is 4. The van der Waals surface area contributed by atoms with Crippen LogP contribution in [-0.4, -0.2) is 6.04 Å². The zero-order chi connectivity index (χ0) is 13.8. The standard InChI is InChI=1S/C15H14BrClFN/c16-15-6-5-13(18)8-11(15)9-14(19)7-10-1-3-12(17)4-2-10/h1-6,8,14H,7,9,19H2. The van der Waals surface area contributed by atoms with E-state index >= 15 is 0 Å². The molecular formula is C15H14BrClFN. The third-order valence-corrected chi connectivity index (χ3v) is 3.93. The van der Waals surface area contributed by atoms with Gasteiger partial charge in [0.15, 0.2) is 0 Å². The first-order valence-corrected chi connectivity index (χ1v) is 7.15. The molecule has 1 unspecified atom stereocenters. The summed E-state index contributed by atoms with van der Waals surface area (Å²) in [7, 11) is 0. The van der Waals surface area contributed by atoms with E-state index < -0.39 is 0 Å². The molecule has 0 amide bonds. The predicted molar refractivity (Wildman–Crippen MR) is 80.9 cm³/mol. The molecule has 0 radical (unpaired) electrons. The Labute approximate surface area is 125 Å². The van der Waals surface area contributed by atoms with Crippen LogP contribution in [0.1, 0.15) is 11.1 Å². The lowest BCUT2D eigenvalue weighted by atomic mass is 10.00. The second-order valence-corrected chi connectivity index (χ2v) is 5.82. The van der Waals surface area contributed by atoms with E-state index in [-0.39, 0.29) is 11.9 Å². The van der Waals surface area contributed by atoms with Gasteiger partial charge in [-0.25, -0.2) is 4.39 Å². The van der Waals surface area contributed by atoms with Crippen molar-refractivity contribution in [3.05, 3.63) is 68.9 Å². The lowest BCUT2D eigenvalue weighted by Gasteiger charge is -2.13. The third kappa shape index (κ3) is 4.30. The van der Waals surface area contributed by atoms with Crippen molar-refractivity contribution in [1.82, 2.24) is 0 Å². The molecule has 0 fully saturated rings. The molecule has 0 heterocycles. The SMILES string of the molecule is NC(Cc1ccc(Cl)cc1)Cc1cc(F)ccc1Br. The first-order chi connectivity index (χ1) is 9.04. The Hall–Kier alpha value is -0.900. The van der Waals surface area contributed by atoms with Crippen molar-refractivity contribution in [3.8, 4) is 0 Å². The van der Waals surface area contributed by atoms with E-state index in [2.05, 4.69) is 15.9 Å². The summed E-state index contributed by atoms with van der Waals surface area (Å²) in [5.41, 5.74) is 8.14. The van der Waals surface area contributed by atoms with Gasteiger partial charge < -0.3 is 5.73 Å². The van der Waals surface area contributed by atoms with E-state index in [1.807, 2.05) is 24.3 Å². The average Bonchev–Trinajstić information content (AvgIpc) is 2.37. The lowest BCUT2D eigenvalue weighted by Crippen LogP contribution is -2.25. The average molecular weight is 343 g/mol. The number of benzene rings is 2.